The van der Waals surface area contributed by atoms with E-state index in [0.717, 1.165) is 11.1 Å². The minimum absolute atomic E-state index is 0.0505. The molecule has 3 heterocycles. The zero-order valence-corrected chi connectivity index (χ0v) is 25.6. The lowest BCUT2D eigenvalue weighted by Gasteiger charge is -2.36. The van der Waals surface area contributed by atoms with Crippen LogP contribution in [0.25, 0.3) is 0 Å². The predicted octanol–water partition coefficient (Wildman–Crippen LogP) is 3.80. The Hall–Kier alpha value is -2.94. The molecule has 0 saturated carbocycles. The molecule has 40 heavy (non-hydrogen) atoms. The average Bonchev–Trinajstić information content (AvgIpc) is 3.17. The van der Waals surface area contributed by atoms with Crippen LogP contribution in [0.2, 0.25) is 5.02 Å². The Kier molecular flexibility index (Phi) is 8.93. The number of aryl methyl sites for hydroxylation is 2. The molecule has 12 nitrogen and oxygen atoms in total. The van der Waals surface area contributed by atoms with Crippen molar-refractivity contribution >= 4 is 55.5 Å². The van der Waals surface area contributed by atoms with E-state index < -0.39 is 20.7 Å². The SMILES string of the molecule is Cc1cc(Nc2ncc(Cl)c(Nc3cn(C)nc3S(=O)(=O)CC(C)C)n2)c(OC(C)C)cc1C1CN([SH](=O)=O)C1. The van der Waals surface area contributed by atoms with Gasteiger partial charge < -0.3 is 15.4 Å². The Morgan fingerprint density at radius 1 is 1.15 bits per heavy atom. The van der Waals surface area contributed by atoms with Crippen LogP contribution in [-0.2, 0) is 27.8 Å². The van der Waals surface area contributed by atoms with Crippen LogP contribution in [0.4, 0.5) is 23.1 Å². The molecule has 0 atom stereocenters. The molecule has 218 valence electrons. The van der Waals surface area contributed by atoms with E-state index in [4.69, 9.17) is 16.3 Å². The van der Waals surface area contributed by atoms with Crippen molar-refractivity contribution in [2.24, 2.45) is 13.0 Å². The van der Waals surface area contributed by atoms with E-state index in [-0.39, 0.29) is 51.2 Å². The first-order valence-electron chi connectivity index (χ1n) is 12.8. The smallest absolute Gasteiger partial charge is 0.229 e. The van der Waals surface area contributed by atoms with Gasteiger partial charge in [-0.05, 0) is 49.9 Å². The number of hydrogen-bond acceptors (Lipinski definition) is 10. The summed E-state index contributed by atoms with van der Waals surface area (Å²) in [4.78, 5) is 8.79. The van der Waals surface area contributed by atoms with E-state index in [0.29, 0.717) is 24.5 Å². The minimum Gasteiger partial charge on any atom is -0.489 e. The van der Waals surface area contributed by atoms with Gasteiger partial charge in [-0.3, -0.25) is 4.68 Å². The molecule has 0 unspecified atom stereocenters. The zero-order chi connectivity index (χ0) is 29.4. The second-order valence-corrected chi connectivity index (χ2v) is 13.9. The molecule has 0 radical (unpaired) electrons. The number of ether oxygens (including phenoxy) is 1. The van der Waals surface area contributed by atoms with Crippen LogP contribution in [-0.4, -0.2) is 65.8 Å². The van der Waals surface area contributed by atoms with Crippen LogP contribution in [0.5, 0.6) is 5.75 Å². The molecule has 1 aromatic carbocycles. The normalized spacial score (nSPS) is 14.7. The van der Waals surface area contributed by atoms with E-state index in [2.05, 4.69) is 25.7 Å². The molecule has 1 saturated heterocycles. The monoisotopic (exact) mass is 611 g/mol. The standard InChI is InChI=1S/C25H34ClN7O5S2/c1-14(2)13-40(36,37)24-21(12-32(6)31-24)28-23-19(26)9-27-25(30-23)29-20-7-16(5)18(8-22(20)38-15(3)4)17-10-33(11-17)39(34)35/h7-9,12,14-15,17,39H,10-11,13H2,1-6H3,(H2,27,28,29,30). The molecule has 0 amide bonds. The first kappa shape index (κ1) is 30.0. The Morgan fingerprint density at radius 3 is 2.48 bits per heavy atom. The highest BCUT2D eigenvalue weighted by molar-refractivity contribution is 7.91. The zero-order valence-electron chi connectivity index (χ0n) is 23.2. The average molecular weight is 612 g/mol. The molecule has 0 aliphatic carbocycles. The Balaban J connectivity index is 1.63. The lowest BCUT2D eigenvalue weighted by Crippen LogP contribution is -2.43. The van der Waals surface area contributed by atoms with Crippen molar-refractivity contribution in [1.29, 1.82) is 0 Å². The van der Waals surface area contributed by atoms with E-state index in [1.165, 1.54) is 15.2 Å². The topological polar surface area (TPSA) is 148 Å². The summed E-state index contributed by atoms with van der Waals surface area (Å²) in [5.74, 6) is 0.943. The van der Waals surface area contributed by atoms with E-state index in [1.807, 2.05) is 46.8 Å². The number of rotatable bonds is 11. The first-order chi connectivity index (χ1) is 18.7. The third kappa shape index (κ3) is 6.85. The van der Waals surface area contributed by atoms with Crippen LogP contribution in [0.3, 0.4) is 0 Å². The van der Waals surface area contributed by atoms with Gasteiger partial charge in [0.15, 0.2) is 15.7 Å². The fourth-order valence-corrected chi connectivity index (χ4v) is 6.97. The van der Waals surface area contributed by atoms with Gasteiger partial charge in [-0.1, -0.05) is 25.4 Å². The lowest BCUT2D eigenvalue weighted by atomic mass is 9.89. The predicted molar refractivity (Wildman–Crippen MR) is 155 cm³/mol. The molecule has 1 aliphatic heterocycles. The van der Waals surface area contributed by atoms with Crippen molar-refractivity contribution in [1.82, 2.24) is 24.1 Å². The third-order valence-corrected chi connectivity index (χ3v) is 9.21. The maximum Gasteiger partial charge on any atom is 0.229 e. The van der Waals surface area contributed by atoms with Crippen molar-refractivity contribution in [3.05, 3.63) is 40.7 Å². The Bertz CT molecular complexity index is 1570. The van der Waals surface area contributed by atoms with Crippen LogP contribution >= 0.6 is 11.6 Å². The summed E-state index contributed by atoms with van der Waals surface area (Å²) in [6, 6.07) is 3.84. The highest BCUT2D eigenvalue weighted by atomic mass is 35.5. The number of nitrogens with zero attached hydrogens (tertiary/aromatic N) is 5. The van der Waals surface area contributed by atoms with Gasteiger partial charge in [0.05, 0.1) is 29.4 Å². The minimum atomic E-state index is -3.65. The van der Waals surface area contributed by atoms with Crippen molar-refractivity contribution < 1.29 is 21.6 Å². The maximum absolute atomic E-state index is 12.9. The number of nitrogens with one attached hydrogen (secondary N) is 2. The summed E-state index contributed by atoms with van der Waals surface area (Å²) in [5.41, 5.74) is 2.86. The highest BCUT2D eigenvalue weighted by Gasteiger charge is 2.32. The van der Waals surface area contributed by atoms with Gasteiger partial charge in [0.2, 0.25) is 21.9 Å². The molecule has 0 spiro atoms. The second-order valence-electron chi connectivity index (χ2n) is 10.5. The molecule has 1 aliphatic rings. The number of hydrogen-bond donors (Lipinski definition) is 3. The van der Waals surface area contributed by atoms with Crippen molar-refractivity contribution in [3.63, 3.8) is 0 Å². The number of halogens is 1. The summed E-state index contributed by atoms with van der Waals surface area (Å²) in [6.07, 6.45) is 2.85. The number of aromatic nitrogens is 4. The summed E-state index contributed by atoms with van der Waals surface area (Å²) < 4.78 is 57.3. The molecule has 2 aromatic heterocycles. The number of thiol groups is 1. The first-order valence-corrected chi connectivity index (χ1v) is 15.9. The van der Waals surface area contributed by atoms with Gasteiger partial charge >= 0.3 is 0 Å². The van der Waals surface area contributed by atoms with Crippen molar-refractivity contribution in [2.45, 2.75) is 51.7 Å². The fourth-order valence-electron chi connectivity index (χ4n) is 4.44. The Labute approximate surface area is 241 Å². The molecule has 3 aromatic rings. The summed E-state index contributed by atoms with van der Waals surface area (Å²) >= 11 is 6.38. The fraction of sp³-hybridized carbons (Fsp3) is 0.480. The number of sulfone groups is 1. The number of anilines is 4. The van der Waals surface area contributed by atoms with Gasteiger partial charge in [-0.2, -0.15) is 10.1 Å². The second kappa shape index (κ2) is 11.9. The van der Waals surface area contributed by atoms with Crippen LogP contribution in [0.1, 0.15) is 44.7 Å². The molecular formula is C25H34ClN7O5S2. The molecular weight excluding hydrogens is 578 g/mol. The largest absolute Gasteiger partial charge is 0.489 e. The van der Waals surface area contributed by atoms with Gasteiger partial charge in [-0.15, -0.1) is 0 Å². The maximum atomic E-state index is 12.9. The van der Waals surface area contributed by atoms with E-state index in [1.54, 1.807) is 13.2 Å². The van der Waals surface area contributed by atoms with Crippen molar-refractivity contribution in [2.75, 3.05) is 29.5 Å². The number of benzene rings is 1. The highest BCUT2D eigenvalue weighted by Crippen LogP contribution is 2.38. The molecule has 1 fully saturated rings. The van der Waals surface area contributed by atoms with Crippen LogP contribution in [0, 0.1) is 12.8 Å². The van der Waals surface area contributed by atoms with Gasteiger partial charge in [0.25, 0.3) is 0 Å². The van der Waals surface area contributed by atoms with E-state index >= 15 is 0 Å². The molecule has 4 rings (SSSR count). The van der Waals surface area contributed by atoms with Gasteiger partial charge in [-0.25, -0.2) is 26.1 Å². The summed E-state index contributed by atoms with van der Waals surface area (Å²) in [6.45, 7) is 10.3. The van der Waals surface area contributed by atoms with E-state index in [9.17, 15) is 16.8 Å². The quantitative estimate of drug-likeness (QED) is 0.273. The van der Waals surface area contributed by atoms with Crippen LogP contribution < -0.4 is 15.4 Å². The molecule has 15 heteroatoms. The van der Waals surface area contributed by atoms with Crippen LogP contribution in [0.15, 0.2) is 29.6 Å². The molecule has 2 N–H and O–H groups in total. The summed E-state index contributed by atoms with van der Waals surface area (Å²) in [5, 5.41) is 10.5. The Morgan fingerprint density at radius 2 is 1.85 bits per heavy atom. The summed E-state index contributed by atoms with van der Waals surface area (Å²) in [7, 11) is -4.59. The third-order valence-electron chi connectivity index (χ3n) is 6.15. The molecule has 0 bridgehead atoms. The van der Waals surface area contributed by atoms with Gasteiger partial charge in [0, 0.05) is 32.3 Å². The van der Waals surface area contributed by atoms with Gasteiger partial charge in [0.1, 0.15) is 10.8 Å². The lowest BCUT2D eigenvalue weighted by molar-refractivity contribution is 0.241. The van der Waals surface area contributed by atoms with Crippen molar-refractivity contribution in [3.8, 4) is 5.75 Å².